The normalized spacial score (nSPS) is 35.5. The highest BCUT2D eigenvalue weighted by Gasteiger charge is 2.76. The molecule has 5 saturated carbocycles. The lowest BCUT2D eigenvalue weighted by atomic mass is 9.47. The number of nitrogens with one attached hydrogen (secondary N) is 2. The van der Waals surface area contributed by atoms with Crippen molar-refractivity contribution in [2.24, 2.45) is 28.6 Å². The van der Waals surface area contributed by atoms with Crippen LogP contribution in [0.3, 0.4) is 0 Å². The number of carbonyl (C=O) groups excluding carboxylic acids is 2. The summed E-state index contributed by atoms with van der Waals surface area (Å²) in [5.74, 6) is 3.38. The van der Waals surface area contributed by atoms with Crippen LogP contribution in [0, 0.1) is 28.6 Å². The van der Waals surface area contributed by atoms with E-state index >= 15 is 0 Å². The van der Waals surface area contributed by atoms with E-state index in [4.69, 9.17) is 11.6 Å². The molecule has 0 radical (unpaired) electrons. The highest BCUT2D eigenvalue weighted by molar-refractivity contribution is 7.97. The minimum atomic E-state index is -0.295. The van der Waals surface area contributed by atoms with Crippen LogP contribution in [-0.2, 0) is 14.3 Å². The monoisotopic (exact) mass is 568 g/mol. The van der Waals surface area contributed by atoms with Crippen molar-refractivity contribution in [1.82, 2.24) is 10.0 Å². The minimum absolute atomic E-state index is 0.128. The zero-order valence-electron chi connectivity index (χ0n) is 24.9. The summed E-state index contributed by atoms with van der Waals surface area (Å²) in [4.78, 5) is 22.6. The van der Waals surface area contributed by atoms with Gasteiger partial charge in [-0.2, -0.15) is 0 Å². The first-order valence-corrected chi connectivity index (χ1v) is 16.1. The SMILES string of the molecule is CC.CC/C=C\C(Cl)=C(\C)CSNC1(C=O)CCCC1.CNC1C2CC3CC4(C=O)CC1CC34C2.COC. The highest BCUT2D eigenvalue weighted by Crippen LogP contribution is 2.80. The molecule has 0 amide bonds. The molecule has 5 fully saturated rings. The van der Waals surface area contributed by atoms with E-state index < -0.39 is 0 Å². The molecule has 0 heterocycles. The van der Waals surface area contributed by atoms with Gasteiger partial charge in [0.1, 0.15) is 12.6 Å². The van der Waals surface area contributed by atoms with Crippen LogP contribution in [0.4, 0.5) is 0 Å². The Morgan fingerprint density at radius 2 is 1.68 bits per heavy atom. The van der Waals surface area contributed by atoms with Gasteiger partial charge in [-0.1, -0.05) is 63.2 Å². The standard InChI is InChI=1S/C14H22ClNOS.C13H19NO.C2H6O.C2H6/c1-3-4-7-13(15)12(2)10-18-16-14(11-17)8-5-6-9-14;1-14-11-8-2-10-6-12(7-15)3-9(11)5-13(10,12)4-8;1-3-2;1-2/h4,7,11,16H,3,5-6,8-10H2,1-2H3;7-11,14H,2-6H2,1H3;1-2H3;1-2H3/b7-4-,13-12+;;;. The number of fused-ring (bicyclic) bond motifs is 2. The molecule has 1 spiro atoms. The van der Waals surface area contributed by atoms with Gasteiger partial charge in [0.2, 0.25) is 0 Å². The molecule has 0 aromatic carbocycles. The summed E-state index contributed by atoms with van der Waals surface area (Å²) in [6, 6.07) is 0.713. The topological polar surface area (TPSA) is 67.4 Å². The van der Waals surface area contributed by atoms with Crippen molar-refractivity contribution in [3.63, 3.8) is 0 Å². The highest BCUT2D eigenvalue weighted by atomic mass is 35.5. The molecule has 5 rings (SSSR count). The van der Waals surface area contributed by atoms with Crippen molar-refractivity contribution in [2.45, 2.75) is 103 Å². The molecular formula is C31H53ClN2O3S. The van der Waals surface area contributed by atoms with Crippen LogP contribution in [0.2, 0.25) is 0 Å². The van der Waals surface area contributed by atoms with E-state index in [1.807, 2.05) is 32.9 Å². The average molecular weight is 569 g/mol. The van der Waals surface area contributed by atoms with Crippen molar-refractivity contribution >= 4 is 36.1 Å². The molecule has 0 aromatic rings. The molecule has 38 heavy (non-hydrogen) atoms. The molecule has 5 aliphatic rings. The Morgan fingerprint density at radius 1 is 1.05 bits per heavy atom. The van der Waals surface area contributed by atoms with Crippen LogP contribution < -0.4 is 10.0 Å². The predicted octanol–water partition coefficient (Wildman–Crippen LogP) is 7.10. The van der Waals surface area contributed by atoms with E-state index in [0.717, 1.165) is 72.5 Å². The number of aldehydes is 2. The summed E-state index contributed by atoms with van der Waals surface area (Å²) in [6.07, 6.45) is 18.1. The molecule has 0 saturated heterocycles. The van der Waals surface area contributed by atoms with Crippen LogP contribution in [0.25, 0.3) is 0 Å². The van der Waals surface area contributed by atoms with Gasteiger partial charge < -0.3 is 19.6 Å². The van der Waals surface area contributed by atoms with E-state index in [2.05, 4.69) is 28.7 Å². The summed E-state index contributed by atoms with van der Waals surface area (Å²) in [7, 11) is 5.35. The number of allylic oxidation sites excluding steroid dienone is 3. The fraction of sp³-hybridized carbons (Fsp3) is 0.806. The summed E-state index contributed by atoms with van der Waals surface area (Å²) in [5.41, 5.74) is 1.45. The van der Waals surface area contributed by atoms with Gasteiger partial charge in [0.25, 0.3) is 0 Å². The Labute approximate surface area is 241 Å². The zero-order valence-corrected chi connectivity index (χ0v) is 26.5. The minimum Gasteiger partial charge on any atom is -0.388 e. The lowest BCUT2D eigenvalue weighted by molar-refractivity contribution is -0.144. The molecule has 0 aliphatic heterocycles. The molecule has 7 heteroatoms. The summed E-state index contributed by atoms with van der Waals surface area (Å²) in [5, 5.41) is 4.33. The van der Waals surface area contributed by atoms with Crippen molar-refractivity contribution in [1.29, 1.82) is 0 Å². The van der Waals surface area contributed by atoms with Gasteiger partial charge in [-0.15, -0.1) is 0 Å². The smallest absolute Gasteiger partial charge is 0.140 e. The third-order valence-corrected chi connectivity index (χ3v) is 11.2. The van der Waals surface area contributed by atoms with Gasteiger partial charge in [-0.05, 0) is 100 Å². The van der Waals surface area contributed by atoms with Crippen molar-refractivity contribution < 1.29 is 14.3 Å². The second-order valence-electron chi connectivity index (χ2n) is 11.7. The molecule has 2 N–H and O–H groups in total. The third-order valence-electron chi connectivity index (χ3n) is 9.62. The van der Waals surface area contributed by atoms with Gasteiger partial charge >= 0.3 is 0 Å². The van der Waals surface area contributed by atoms with E-state index in [1.54, 1.807) is 26.2 Å². The zero-order chi connectivity index (χ0) is 28.4. The van der Waals surface area contributed by atoms with E-state index in [9.17, 15) is 9.59 Å². The molecule has 5 nitrogen and oxygen atoms in total. The lowest BCUT2D eigenvalue weighted by Gasteiger charge is -2.56. The molecule has 0 aromatic heterocycles. The maximum absolute atomic E-state index is 11.5. The quantitative estimate of drug-likeness (QED) is 0.176. The maximum atomic E-state index is 11.5. The summed E-state index contributed by atoms with van der Waals surface area (Å²) < 4.78 is 7.57. The number of ether oxygens (including phenoxy) is 1. The Hall–Kier alpha value is -0.660. The Balaban J connectivity index is 0.000000230. The third kappa shape index (κ3) is 6.79. The summed E-state index contributed by atoms with van der Waals surface area (Å²) >= 11 is 7.74. The fourth-order valence-corrected chi connectivity index (χ4v) is 9.24. The second kappa shape index (κ2) is 15.4. The first-order valence-electron chi connectivity index (χ1n) is 14.7. The molecule has 218 valence electrons. The average Bonchev–Trinajstić information content (AvgIpc) is 3.55. The Morgan fingerprint density at radius 3 is 2.24 bits per heavy atom. The predicted molar refractivity (Wildman–Crippen MR) is 162 cm³/mol. The fourth-order valence-electron chi connectivity index (χ4n) is 8.02. The molecule has 6 unspecified atom stereocenters. The van der Waals surface area contributed by atoms with Gasteiger partial charge in [0.15, 0.2) is 0 Å². The molecule has 6 atom stereocenters. The number of halogens is 1. The van der Waals surface area contributed by atoms with Crippen molar-refractivity contribution in [3.8, 4) is 0 Å². The van der Waals surface area contributed by atoms with Gasteiger partial charge in [-0.3, -0.25) is 4.72 Å². The van der Waals surface area contributed by atoms with Gasteiger partial charge in [0, 0.05) is 36.5 Å². The van der Waals surface area contributed by atoms with Crippen LogP contribution >= 0.6 is 23.5 Å². The Bertz CT molecular complexity index is 824. The number of carbonyl (C=O) groups is 2. The number of hydrogen-bond acceptors (Lipinski definition) is 6. The van der Waals surface area contributed by atoms with E-state index in [0.29, 0.717) is 11.5 Å². The largest absolute Gasteiger partial charge is 0.388 e. The van der Waals surface area contributed by atoms with Crippen LogP contribution in [0.15, 0.2) is 22.8 Å². The number of hydrogen-bond donors (Lipinski definition) is 2. The molecule has 3 bridgehead atoms. The van der Waals surface area contributed by atoms with Crippen LogP contribution in [0.5, 0.6) is 0 Å². The van der Waals surface area contributed by atoms with Gasteiger partial charge in [0.05, 0.1) is 5.54 Å². The van der Waals surface area contributed by atoms with E-state index in [1.165, 1.54) is 38.4 Å². The van der Waals surface area contributed by atoms with Crippen molar-refractivity contribution in [3.05, 3.63) is 22.8 Å². The van der Waals surface area contributed by atoms with Crippen LogP contribution in [-0.4, -0.2) is 51.2 Å². The van der Waals surface area contributed by atoms with E-state index in [-0.39, 0.29) is 11.0 Å². The Kier molecular flexibility index (Phi) is 13.6. The first kappa shape index (κ1) is 33.5. The molecule has 5 aliphatic carbocycles. The second-order valence-corrected chi connectivity index (χ2v) is 12.9. The molecular weight excluding hydrogens is 516 g/mol. The number of rotatable bonds is 9. The van der Waals surface area contributed by atoms with Crippen LogP contribution in [0.1, 0.15) is 91.9 Å². The maximum Gasteiger partial charge on any atom is 0.140 e. The first-order chi connectivity index (χ1) is 18.3. The number of methoxy groups -OCH3 is 1. The summed E-state index contributed by atoms with van der Waals surface area (Å²) in [6.45, 7) is 8.11. The van der Waals surface area contributed by atoms with Gasteiger partial charge in [-0.25, -0.2) is 0 Å². The lowest BCUT2D eigenvalue weighted by Crippen LogP contribution is -2.53. The van der Waals surface area contributed by atoms with Crippen molar-refractivity contribution in [2.75, 3.05) is 27.0 Å².